The average molecular weight is 273 g/mol. The van der Waals surface area contributed by atoms with Crippen LogP contribution in [0.25, 0.3) is 0 Å². The molecule has 18 heavy (non-hydrogen) atoms. The van der Waals surface area contributed by atoms with Crippen molar-refractivity contribution >= 4 is 21.6 Å². The van der Waals surface area contributed by atoms with Crippen LogP contribution in [0.1, 0.15) is 6.42 Å². The Morgan fingerprint density at radius 1 is 1.56 bits per heavy atom. The van der Waals surface area contributed by atoms with Crippen LogP contribution in [0, 0.1) is 11.7 Å². The third-order valence-corrected chi connectivity index (χ3v) is 3.65. The van der Waals surface area contributed by atoms with Gasteiger partial charge in [-0.15, -0.1) is 0 Å². The summed E-state index contributed by atoms with van der Waals surface area (Å²) in [6, 6.07) is 1.38. The summed E-state index contributed by atoms with van der Waals surface area (Å²) in [6.07, 6.45) is 2.44. The third kappa shape index (κ3) is 2.82. The fourth-order valence-corrected chi connectivity index (χ4v) is 2.92. The zero-order chi connectivity index (χ0) is 13.3. The van der Waals surface area contributed by atoms with Crippen LogP contribution in [0.2, 0.25) is 0 Å². The number of amides is 1. The molecule has 0 aliphatic carbocycles. The Morgan fingerprint density at radius 3 is 2.89 bits per heavy atom. The SMILES string of the molecule is NS(=O)(=O)CC1CC(=O)N(c2ccncc2F)C1. The molecule has 1 saturated heterocycles. The Kier molecular flexibility index (Phi) is 3.31. The van der Waals surface area contributed by atoms with Gasteiger partial charge in [-0.05, 0) is 6.07 Å². The number of nitrogens with zero attached hydrogens (tertiary/aromatic N) is 2. The molecule has 1 aromatic heterocycles. The van der Waals surface area contributed by atoms with Crippen molar-refractivity contribution in [2.45, 2.75) is 6.42 Å². The molecule has 0 radical (unpaired) electrons. The smallest absolute Gasteiger partial charge is 0.227 e. The Bertz CT molecular complexity index is 575. The maximum Gasteiger partial charge on any atom is 0.227 e. The van der Waals surface area contributed by atoms with Gasteiger partial charge in [0.2, 0.25) is 15.9 Å². The van der Waals surface area contributed by atoms with Gasteiger partial charge < -0.3 is 4.90 Å². The maximum absolute atomic E-state index is 13.5. The van der Waals surface area contributed by atoms with E-state index >= 15 is 0 Å². The number of halogens is 1. The van der Waals surface area contributed by atoms with E-state index in [1.165, 1.54) is 17.2 Å². The predicted octanol–water partition coefficient (Wildman–Crippen LogP) is -0.138. The molecule has 0 aromatic carbocycles. The fourth-order valence-electron chi connectivity index (χ4n) is 2.04. The lowest BCUT2D eigenvalue weighted by molar-refractivity contribution is -0.117. The number of carbonyl (C=O) groups is 1. The van der Waals surface area contributed by atoms with Crippen LogP contribution in [0.4, 0.5) is 10.1 Å². The first-order valence-electron chi connectivity index (χ1n) is 5.27. The average Bonchev–Trinajstić information content (AvgIpc) is 2.57. The van der Waals surface area contributed by atoms with Crippen molar-refractivity contribution in [1.82, 2.24) is 4.98 Å². The maximum atomic E-state index is 13.5. The van der Waals surface area contributed by atoms with Gasteiger partial charge in [0.05, 0.1) is 17.6 Å². The molecule has 98 valence electrons. The van der Waals surface area contributed by atoms with E-state index in [4.69, 9.17) is 5.14 Å². The van der Waals surface area contributed by atoms with Crippen molar-refractivity contribution in [2.75, 3.05) is 17.2 Å². The number of primary sulfonamides is 1. The molecule has 0 saturated carbocycles. The Hall–Kier alpha value is -1.54. The molecular weight excluding hydrogens is 261 g/mol. The molecule has 1 atom stereocenters. The molecule has 8 heteroatoms. The van der Waals surface area contributed by atoms with Gasteiger partial charge in [0.15, 0.2) is 5.82 Å². The lowest BCUT2D eigenvalue weighted by Gasteiger charge is -2.16. The highest BCUT2D eigenvalue weighted by molar-refractivity contribution is 7.89. The first-order valence-corrected chi connectivity index (χ1v) is 6.99. The molecule has 0 bridgehead atoms. The summed E-state index contributed by atoms with van der Waals surface area (Å²) in [6.45, 7) is 0.149. The highest BCUT2D eigenvalue weighted by Crippen LogP contribution is 2.27. The van der Waals surface area contributed by atoms with Crippen molar-refractivity contribution in [3.63, 3.8) is 0 Å². The summed E-state index contributed by atoms with van der Waals surface area (Å²) >= 11 is 0. The van der Waals surface area contributed by atoms with Gasteiger partial charge in [-0.1, -0.05) is 0 Å². The summed E-state index contributed by atoms with van der Waals surface area (Å²) < 4.78 is 35.4. The van der Waals surface area contributed by atoms with Crippen molar-refractivity contribution in [2.24, 2.45) is 11.1 Å². The minimum absolute atomic E-state index is 0.0538. The standard InChI is InChI=1S/C10H12FN3O3S/c11-8-4-13-2-1-9(8)14-5-7(3-10(14)15)6-18(12,16)17/h1-2,4,7H,3,5-6H2,(H2,12,16,17). The van der Waals surface area contributed by atoms with Crippen LogP contribution in [0.15, 0.2) is 18.5 Å². The molecule has 2 N–H and O–H groups in total. The van der Waals surface area contributed by atoms with E-state index in [1.807, 2.05) is 0 Å². The summed E-state index contributed by atoms with van der Waals surface area (Å²) in [4.78, 5) is 16.5. The number of rotatable bonds is 3. The van der Waals surface area contributed by atoms with E-state index in [9.17, 15) is 17.6 Å². The molecule has 1 aromatic rings. The van der Waals surface area contributed by atoms with E-state index < -0.39 is 21.8 Å². The van der Waals surface area contributed by atoms with Crippen molar-refractivity contribution in [3.05, 3.63) is 24.3 Å². The molecule has 1 aliphatic rings. The second kappa shape index (κ2) is 4.62. The van der Waals surface area contributed by atoms with E-state index in [2.05, 4.69) is 4.98 Å². The van der Waals surface area contributed by atoms with Gasteiger partial charge in [0.25, 0.3) is 0 Å². The van der Waals surface area contributed by atoms with Crippen LogP contribution < -0.4 is 10.0 Å². The number of sulfonamides is 1. The molecular formula is C10H12FN3O3S. The normalized spacial score (nSPS) is 20.4. The van der Waals surface area contributed by atoms with Crippen LogP contribution in [-0.2, 0) is 14.8 Å². The van der Waals surface area contributed by atoms with Gasteiger partial charge in [0, 0.05) is 25.1 Å². The first kappa shape index (κ1) is 12.9. The van der Waals surface area contributed by atoms with Gasteiger partial charge in [0.1, 0.15) is 0 Å². The van der Waals surface area contributed by atoms with E-state index in [-0.39, 0.29) is 30.3 Å². The van der Waals surface area contributed by atoms with Crippen LogP contribution in [-0.4, -0.2) is 31.6 Å². The molecule has 2 heterocycles. The molecule has 6 nitrogen and oxygen atoms in total. The summed E-state index contributed by atoms with van der Waals surface area (Å²) in [5.41, 5.74) is 0.118. The van der Waals surface area contributed by atoms with Crippen LogP contribution in [0.5, 0.6) is 0 Å². The molecule has 2 rings (SSSR count). The minimum Gasteiger partial charge on any atom is -0.309 e. The number of aromatic nitrogens is 1. The fraction of sp³-hybridized carbons (Fsp3) is 0.400. The van der Waals surface area contributed by atoms with E-state index in [0.717, 1.165) is 6.20 Å². The van der Waals surface area contributed by atoms with E-state index in [1.54, 1.807) is 0 Å². The number of pyridine rings is 1. The minimum atomic E-state index is -3.63. The summed E-state index contributed by atoms with van der Waals surface area (Å²) in [5, 5.41) is 4.93. The largest absolute Gasteiger partial charge is 0.309 e. The predicted molar refractivity (Wildman–Crippen MR) is 62.6 cm³/mol. The lowest BCUT2D eigenvalue weighted by Crippen LogP contribution is -2.28. The number of hydrogen-bond acceptors (Lipinski definition) is 4. The first-order chi connectivity index (χ1) is 8.37. The Labute approximate surface area is 104 Å². The van der Waals surface area contributed by atoms with Crippen molar-refractivity contribution < 1.29 is 17.6 Å². The number of nitrogens with two attached hydrogens (primary N) is 1. The van der Waals surface area contributed by atoms with Crippen LogP contribution in [0.3, 0.4) is 0 Å². The summed E-state index contributed by atoms with van der Waals surface area (Å²) in [5.74, 6) is -1.60. The zero-order valence-electron chi connectivity index (χ0n) is 9.41. The highest BCUT2D eigenvalue weighted by Gasteiger charge is 2.33. The van der Waals surface area contributed by atoms with Crippen molar-refractivity contribution in [1.29, 1.82) is 0 Å². The Morgan fingerprint density at radius 2 is 2.28 bits per heavy atom. The monoisotopic (exact) mass is 273 g/mol. The number of anilines is 1. The van der Waals surface area contributed by atoms with E-state index in [0.29, 0.717) is 0 Å². The van der Waals surface area contributed by atoms with Crippen molar-refractivity contribution in [3.8, 4) is 0 Å². The Balaban J connectivity index is 2.18. The summed E-state index contributed by atoms with van der Waals surface area (Å²) in [7, 11) is -3.63. The zero-order valence-corrected chi connectivity index (χ0v) is 10.2. The van der Waals surface area contributed by atoms with Crippen LogP contribution >= 0.6 is 0 Å². The van der Waals surface area contributed by atoms with Gasteiger partial charge in [-0.3, -0.25) is 9.78 Å². The molecule has 1 amide bonds. The topological polar surface area (TPSA) is 93.4 Å². The molecule has 0 spiro atoms. The van der Waals surface area contributed by atoms with Gasteiger partial charge >= 0.3 is 0 Å². The van der Waals surface area contributed by atoms with Gasteiger partial charge in [-0.25, -0.2) is 17.9 Å². The molecule has 1 unspecified atom stereocenters. The second-order valence-electron chi connectivity index (χ2n) is 4.23. The van der Waals surface area contributed by atoms with Gasteiger partial charge in [-0.2, -0.15) is 0 Å². The number of hydrogen-bond donors (Lipinski definition) is 1. The third-order valence-electron chi connectivity index (χ3n) is 2.71. The highest BCUT2D eigenvalue weighted by atomic mass is 32.2. The molecule has 1 aliphatic heterocycles. The second-order valence-corrected chi connectivity index (χ2v) is 5.89. The number of carbonyl (C=O) groups excluding carboxylic acids is 1. The lowest BCUT2D eigenvalue weighted by atomic mass is 10.1. The molecule has 1 fully saturated rings. The quantitative estimate of drug-likeness (QED) is 0.829.